The Balaban J connectivity index is 1.97. The maximum Gasteiger partial charge on any atom is 0.329 e. The van der Waals surface area contributed by atoms with Gasteiger partial charge in [-0.15, -0.1) is 0 Å². The van der Waals surface area contributed by atoms with Crippen molar-refractivity contribution in [1.29, 1.82) is 0 Å². The zero-order valence-corrected chi connectivity index (χ0v) is 13.0. The number of halogens is 1. The molecule has 0 fully saturated rings. The summed E-state index contributed by atoms with van der Waals surface area (Å²) < 4.78 is 5.09. The SMILES string of the molecule is COc1ccc(Cl)cc1NC(=O)C(=O)N/N=C\c1ccccc1. The second kappa shape index (κ2) is 7.95. The first-order valence-electron chi connectivity index (χ1n) is 6.63. The molecule has 2 N–H and O–H groups in total. The lowest BCUT2D eigenvalue weighted by atomic mass is 10.2. The van der Waals surface area contributed by atoms with E-state index in [0.717, 1.165) is 5.56 Å². The predicted octanol–water partition coefficient (Wildman–Crippen LogP) is 2.44. The second-order valence-electron chi connectivity index (χ2n) is 4.41. The average molecular weight is 332 g/mol. The van der Waals surface area contributed by atoms with Gasteiger partial charge >= 0.3 is 11.8 Å². The van der Waals surface area contributed by atoms with E-state index in [9.17, 15) is 9.59 Å². The summed E-state index contributed by atoms with van der Waals surface area (Å²) >= 11 is 5.86. The standard InChI is InChI=1S/C16H14ClN3O3/c1-23-14-8-7-12(17)9-13(14)19-15(21)16(22)20-18-10-11-5-3-2-4-6-11/h2-10H,1H3,(H,19,21)(H,20,22)/b18-10-. The van der Waals surface area contributed by atoms with Crippen molar-refractivity contribution in [2.24, 2.45) is 5.10 Å². The van der Waals surface area contributed by atoms with Crippen LogP contribution in [0.3, 0.4) is 0 Å². The van der Waals surface area contributed by atoms with E-state index in [1.54, 1.807) is 12.1 Å². The maximum absolute atomic E-state index is 11.8. The Kier molecular flexibility index (Phi) is 5.71. The molecule has 0 heterocycles. The van der Waals surface area contributed by atoms with Crippen molar-refractivity contribution in [2.45, 2.75) is 0 Å². The number of benzene rings is 2. The molecule has 0 aliphatic rings. The van der Waals surface area contributed by atoms with Crippen molar-refractivity contribution < 1.29 is 14.3 Å². The highest BCUT2D eigenvalue weighted by Crippen LogP contribution is 2.27. The molecule has 2 aromatic rings. The van der Waals surface area contributed by atoms with Crippen molar-refractivity contribution >= 4 is 35.3 Å². The Bertz CT molecular complexity index is 733. The number of amides is 2. The lowest BCUT2D eigenvalue weighted by Gasteiger charge is -2.09. The van der Waals surface area contributed by atoms with E-state index in [0.29, 0.717) is 16.5 Å². The Morgan fingerprint density at radius 1 is 1.13 bits per heavy atom. The number of ether oxygens (including phenoxy) is 1. The van der Waals surface area contributed by atoms with Crippen molar-refractivity contribution in [1.82, 2.24) is 5.43 Å². The number of carbonyl (C=O) groups is 2. The zero-order valence-electron chi connectivity index (χ0n) is 12.2. The molecule has 0 spiro atoms. The van der Waals surface area contributed by atoms with Gasteiger partial charge in [0.1, 0.15) is 5.75 Å². The fraction of sp³-hybridized carbons (Fsp3) is 0.0625. The number of methoxy groups -OCH3 is 1. The lowest BCUT2D eigenvalue weighted by molar-refractivity contribution is -0.136. The van der Waals surface area contributed by atoms with E-state index in [1.165, 1.54) is 19.4 Å². The average Bonchev–Trinajstić information content (AvgIpc) is 2.56. The number of hydrogen-bond donors (Lipinski definition) is 2. The molecule has 6 nitrogen and oxygen atoms in total. The third kappa shape index (κ3) is 4.82. The van der Waals surface area contributed by atoms with E-state index in [2.05, 4.69) is 15.8 Å². The third-order valence-electron chi connectivity index (χ3n) is 2.80. The van der Waals surface area contributed by atoms with E-state index in [-0.39, 0.29) is 0 Å². The van der Waals surface area contributed by atoms with Crippen LogP contribution in [0.15, 0.2) is 53.6 Å². The highest BCUT2D eigenvalue weighted by atomic mass is 35.5. The van der Waals surface area contributed by atoms with Crippen LogP contribution in [0.1, 0.15) is 5.56 Å². The molecule has 0 atom stereocenters. The molecule has 0 aromatic heterocycles. The van der Waals surface area contributed by atoms with Gasteiger partial charge in [0.25, 0.3) is 0 Å². The fourth-order valence-electron chi connectivity index (χ4n) is 1.71. The number of nitrogens with zero attached hydrogens (tertiary/aromatic N) is 1. The van der Waals surface area contributed by atoms with Crippen LogP contribution in [0.4, 0.5) is 5.69 Å². The lowest BCUT2D eigenvalue weighted by Crippen LogP contribution is -2.32. The molecule has 0 aliphatic heterocycles. The predicted molar refractivity (Wildman–Crippen MR) is 88.8 cm³/mol. The molecule has 2 amide bonds. The third-order valence-corrected chi connectivity index (χ3v) is 3.03. The van der Waals surface area contributed by atoms with Crippen molar-refractivity contribution in [2.75, 3.05) is 12.4 Å². The number of rotatable bonds is 4. The van der Waals surface area contributed by atoms with Gasteiger partial charge in [-0.2, -0.15) is 5.10 Å². The minimum absolute atomic E-state index is 0.298. The summed E-state index contributed by atoms with van der Waals surface area (Å²) in [5.74, 6) is -1.39. The zero-order chi connectivity index (χ0) is 16.7. The van der Waals surface area contributed by atoms with Gasteiger partial charge in [0, 0.05) is 5.02 Å². The summed E-state index contributed by atoms with van der Waals surface area (Å²) in [6.45, 7) is 0. The molecule has 23 heavy (non-hydrogen) atoms. The van der Waals surface area contributed by atoms with E-state index in [1.807, 2.05) is 30.3 Å². The molecule has 0 saturated carbocycles. The van der Waals surface area contributed by atoms with Crippen LogP contribution in [0.5, 0.6) is 5.75 Å². The summed E-state index contributed by atoms with van der Waals surface area (Å²) in [7, 11) is 1.45. The molecule has 7 heteroatoms. The molecule has 118 valence electrons. The van der Waals surface area contributed by atoms with Gasteiger partial charge < -0.3 is 10.1 Å². The molecule has 0 radical (unpaired) electrons. The van der Waals surface area contributed by atoms with Gasteiger partial charge in [-0.3, -0.25) is 9.59 Å². The minimum atomic E-state index is -0.904. The first-order valence-corrected chi connectivity index (χ1v) is 7.01. The Labute approximate surface area is 138 Å². The van der Waals surface area contributed by atoms with Gasteiger partial charge in [-0.05, 0) is 23.8 Å². The quantitative estimate of drug-likeness (QED) is 0.513. The van der Waals surface area contributed by atoms with Gasteiger partial charge in [-0.25, -0.2) is 5.43 Å². The van der Waals surface area contributed by atoms with Crippen LogP contribution in [-0.4, -0.2) is 25.1 Å². The number of hydrazone groups is 1. The van der Waals surface area contributed by atoms with Crippen LogP contribution < -0.4 is 15.5 Å². The Morgan fingerprint density at radius 2 is 1.87 bits per heavy atom. The molecule has 0 bridgehead atoms. The van der Waals surface area contributed by atoms with Crippen LogP contribution in [0.2, 0.25) is 5.02 Å². The normalized spacial score (nSPS) is 10.3. The molecule has 2 rings (SSSR count). The summed E-state index contributed by atoms with van der Waals surface area (Å²) in [5, 5.41) is 6.54. The van der Waals surface area contributed by atoms with E-state index < -0.39 is 11.8 Å². The molecular formula is C16H14ClN3O3. The van der Waals surface area contributed by atoms with Gasteiger partial charge in [0.05, 0.1) is 19.0 Å². The summed E-state index contributed by atoms with van der Waals surface area (Å²) in [5.41, 5.74) is 3.24. The summed E-state index contributed by atoms with van der Waals surface area (Å²) in [6, 6.07) is 13.8. The Hall–Kier alpha value is -2.86. The van der Waals surface area contributed by atoms with Crippen molar-refractivity contribution in [3.8, 4) is 5.75 Å². The smallest absolute Gasteiger partial charge is 0.329 e. The van der Waals surface area contributed by atoms with Crippen LogP contribution in [0.25, 0.3) is 0 Å². The first-order chi connectivity index (χ1) is 11.1. The van der Waals surface area contributed by atoms with Crippen molar-refractivity contribution in [3.05, 3.63) is 59.1 Å². The monoisotopic (exact) mass is 331 g/mol. The van der Waals surface area contributed by atoms with E-state index >= 15 is 0 Å². The molecule has 0 aliphatic carbocycles. The maximum atomic E-state index is 11.8. The largest absolute Gasteiger partial charge is 0.495 e. The van der Waals surface area contributed by atoms with Crippen LogP contribution in [-0.2, 0) is 9.59 Å². The highest BCUT2D eigenvalue weighted by molar-refractivity contribution is 6.40. The van der Waals surface area contributed by atoms with Gasteiger partial charge in [-0.1, -0.05) is 41.9 Å². The van der Waals surface area contributed by atoms with Crippen LogP contribution in [0, 0.1) is 0 Å². The second-order valence-corrected chi connectivity index (χ2v) is 4.84. The van der Waals surface area contributed by atoms with Gasteiger partial charge in [0.15, 0.2) is 0 Å². The summed E-state index contributed by atoms with van der Waals surface area (Å²) in [4.78, 5) is 23.6. The van der Waals surface area contributed by atoms with E-state index in [4.69, 9.17) is 16.3 Å². The number of hydrogen-bond acceptors (Lipinski definition) is 4. The van der Waals surface area contributed by atoms with Crippen molar-refractivity contribution in [3.63, 3.8) is 0 Å². The van der Waals surface area contributed by atoms with Gasteiger partial charge in [0.2, 0.25) is 0 Å². The molecule has 0 unspecified atom stereocenters. The number of nitrogens with one attached hydrogen (secondary N) is 2. The molecular weight excluding hydrogens is 318 g/mol. The first kappa shape index (κ1) is 16.5. The highest BCUT2D eigenvalue weighted by Gasteiger charge is 2.15. The minimum Gasteiger partial charge on any atom is -0.495 e. The molecule has 0 saturated heterocycles. The fourth-order valence-corrected chi connectivity index (χ4v) is 1.88. The summed E-state index contributed by atoms with van der Waals surface area (Å²) in [6.07, 6.45) is 1.44. The number of carbonyl (C=O) groups excluding carboxylic acids is 2. The molecule has 2 aromatic carbocycles. The van der Waals surface area contributed by atoms with Crippen LogP contribution >= 0.6 is 11.6 Å². The Morgan fingerprint density at radius 3 is 2.57 bits per heavy atom. The topological polar surface area (TPSA) is 79.8 Å². The number of anilines is 1.